The first-order chi connectivity index (χ1) is 10.5. The van der Waals surface area contributed by atoms with Crippen molar-refractivity contribution in [1.82, 2.24) is 4.90 Å². The Morgan fingerprint density at radius 3 is 3.05 bits per heavy atom. The highest BCUT2D eigenvalue weighted by Gasteiger charge is 2.58. The van der Waals surface area contributed by atoms with E-state index in [0.29, 0.717) is 31.0 Å². The van der Waals surface area contributed by atoms with E-state index in [4.69, 9.17) is 16.3 Å². The van der Waals surface area contributed by atoms with Crippen molar-refractivity contribution < 1.29 is 14.3 Å². The van der Waals surface area contributed by atoms with E-state index in [1.165, 1.54) is 11.8 Å². The number of thioether (sulfide) groups is 1. The zero-order valence-corrected chi connectivity index (χ0v) is 14.0. The van der Waals surface area contributed by atoms with Gasteiger partial charge in [-0.15, -0.1) is 0 Å². The van der Waals surface area contributed by atoms with Gasteiger partial charge in [0.25, 0.3) is 5.91 Å². The molecule has 2 aliphatic heterocycles. The highest BCUT2D eigenvalue weighted by molar-refractivity contribution is 8.02. The van der Waals surface area contributed by atoms with E-state index in [1.54, 1.807) is 36.1 Å². The number of rotatable bonds is 4. The van der Waals surface area contributed by atoms with Crippen LogP contribution in [0, 0.1) is 0 Å². The third kappa shape index (κ3) is 2.30. The van der Waals surface area contributed by atoms with Gasteiger partial charge < -0.3 is 9.64 Å². The van der Waals surface area contributed by atoms with Crippen LogP contribution in [0.1, 0.15) is 12.8 Å². The Hall–Kier alpha value is -1.24. The van der Waals surface area contributed by atoms with Crippen molar-refractivity contribution in [3.05, 3.63) is 23.2 Å². The number of hydrogen-bond acceptors (Lipinski definition) is 4. The van der Waals surface area contributed by atoms with E-state index in [1.807, 2.05) is 6.07 Å². The molecule has 0 N–H and O–H groups in total. The Morgan fingerprint density at radius 2 is 2.32 bits per heavy atom. The molecule has 2 heterocycles. The summed E-state index contributed by atoms with van der Waals surface area (Å²) in [6.07, 6.45) is 0.891. The maximum Gasteiger partial charge on any atom is 0.259 e. The van der Waals surface area contributed by atoms with Gasteiger partial charge in [0.15, 0.2) is 4.87 Å². The van der Waals surface area contributed by atoms with Gasteiger partial charge in [0, 0.05) is 37.0 Å². The number of likely N-dealkylation sites (N-methyl/N-ethyl adjacent to an activating group) is 1. The summed E-state index contributed by atoms with van der Waals surface area (Å²) in [7, 11) is 3.35. The molecule has 2 aliphatic rings. The van der Waals surface area contributed by atoms with Gasteiger partial charge in [-0.25, -0.2) is 0 Å². The zero-order chi connectivity index (χ0) is 15.9. The van der Waals surface area contributed by atoms with Crippen LogP contribution in [0.15, 0.2) is 23.1 Å². The van der Waals surface area contributed by atoms with Gasteiger partial charge in [-0.05, 0) is 24.6 Å². The predicted molar refractivity (Wildman–Crippen MR) is 86.3 cm³/mol. The number of benzene rings is 1. The highest BCUT2D eigenvalue weighted by Crippen LogP contribution is 2.56. The number of halogens is 1. The fourth-order valence-electron chi connectivity index (χ4n) is 2.93. The van der Waals surface area contributed by atoms with Crippen molar-refractivity contribution in [1.29, 1.82) is 0 Å². The summed E-state index contributed by atoms with van der Waals surface area (Å²) in [5, 5.41) is 0.565. The number of ether oxygens (including phenoxy) is 1. The second-order valence-electron chi connectivity index (χ2n) is 5.45. The fraction of sp³-hybridized carbons (Fsp3) is 0.467. The lowest BCUT2D eigenvalue weighted by Crippen LogP contribution is -2.53. The molecule has 1 atom stereocenters. The van der Waals surface area contributed by atoms with Gasteiger partial charge in [0.05, 0.1) is 12.3 Å². The number of carbonyl (C=O) groups is 2. The fourth-order valence-corrected chi connectivity index (χ4v) is 4.59. The highest BCUT2D eigenvalue weighted by atomic mass is 35.5. The third-order valence-electron chi connectivity index (χ3n) is 4.04. The maximum atomic E-state index is 13.0. The Kier molecular flexibility index (Phi) is 4.09. The monoisotopic (exact) mass is 340 g/mol. The van der Waals surface area contributed by atoms with Gasteiger partial charge in [-0.1, -0.05) is 23.4 Å². The molecule has 1 fully saturated rings. The second kappa shape index (κ2) is 5.76. The van der Waals surface area contributed by atoms with E-state index in [2.05, 4.69) is 0 Å². The van der Waals surface area contributed by atoms with Crippen LogP contribution in [0.3, 0.4) is 0 Å². The van der Waals surface area contributed by atoms with Crippen molar-refractivity contribution in [2.45, 2.75) is 22.6 Å². The van der Waals surface area contributed by atoms with E-state index >= 15 is 0 Å². The Bertz CT molecular complexity index is 639. The predicted octanol–water partition coefficient (Wildman–Crippen LogP) is 2.37. The summed E-state index contributed by atoms with van der Waals surface area (Å²) in [6, 6.07) is 5.42. The molecule has 5 nitrogen and oxygen atoms in total. The summed E-state index contributed by atoms with van der Waals surface area (Å²) >= 11 is 7.51. The van der Waals surface area contributed by atoms with Crippen LogP contribution < -0.4 is 4.90 Å². The molecular weight excluding hydrogens is 324 g/mol. The molecule has 3 rings (SSSR count). The van der Waals surface area contributed by atoms with Crippen LogP contribution in [0.25, 0.3) is 0 Å². The molecule has 0 aliphatic carbocycles. The number of amides is 2. The lowest BCUT2D eigenvalue weighted by atomic mass is 10.1. The molecule has 1 aromatic rings. The maximum absolute atomic E-state index is 13.0. The minimum atomic E-state index is -0.868. The molecule has 0 bridgehead atoms. The molecule has 1 aromatic carbocycles. The number of hydrogen-bond donors (Lipinski definition) is 0. The largest absolute Gasteiger partial charge is 0.383 e. The topological polar surface area (TPSA) is 49.9 Å². The minimum Gasteiger partial charge on any atom is -0.383 e. The first kappa shape index (κ1) is 15.6. The molecule has 118 valence electrons. The normalized spacial score (nSPS) is 22.7. The quantitative estimate of drug-likeness (QED) is 0.844. The standard InChI is InChI=1S/C15H17ClN2O3S/c1-17(7-8-21-2)14(20)15-6-5-13(19)18(15)11-9-10(16)3-4-12(11)22-15/h3-4,9H,5-8H2,1-2H3/t15-/m1/s1. The van der Waals surface area contributed by atoms with Crippen LogP contribution in [0.5, 0.6) is 0 Å². The molecule has 0 radical (unpaired) electrons. The summed E-state index contributed by atoms with van der Waals surface area (Å²) in [5.74, 6) is -0.0882. The van der Waals surface area contributed by atoms with E-state index in [9.17, 15) is 9.59 Å². The average Bonchev–Trinajstić information content (AvgIpc) is 3.00. The second-order valence-corrected chi connectivity index (χ2v) is 7.20. The van der Waals surface area contributed by atoms with Crippen LogP contribution in [-0.2, 0) is 14.3 Å². The molecule has 2 amide bonds. The van der Waals surface area contributed by atoms with Crippen LogP contribution in [-0.4, -0.2) is 48.9 Å². The van der Waals surface area contributed by atoms with Crippen molar-refractivity contribution in [3.8, 4) is 0 Å². The van der Waals surface area contributed by atoms with Crippen LogP contribution in [0.2, 0.25) is 5.02 Å². The summed E-state index contributed by atoms with van der Waals surface area (Å²) in [4.78, 5) is 28.6. The van der Waals surface area contributed by atoms with Crippen LogP contribution >= 0.6 is 23.4 Å². The van der Waals surface area contributed by atoms with Crippen molar-refractivity contribution in [3.63, 3.8) is 0 Å². The molecule has 0 saturated carbocycles. The van der Waals surface area contributed by atoms with Gasteiger partial charge in [0.1, 0.15) is 0 Å². The average molecular weight is 341 g/mol. The number of nitrogens with zero attached hydrogens (tertiary/aromatic N) is 2. The number of carbonyl (C=O) groups excluding carboxylic acids is 2. The van der Waals surface area contributed by atoms with Crippen LogP contribution in [0.4, 0.5) is 5.69 Å². The first-order valence-corrected chi connectivity index (χ1v) is 8.25. The Labute approximate surface area is 138 Å². The molecule has 0 aromatic heterocycles. The number of methoxy groups -OCH3 is 1. The molecule has 22 heavy (non-hydrogen) atoms. The number of anilines is 1. The summed E-state index contributed by atoms with van der Waals surface area (Å²) in [5.41, 5.74) is 0.744. The van der Waals surface area contributed by atoms with E-state index < -0.39 is 4.87 Å². The van der Waals surface area contributed by atoms with Gasteiger partial charge >= 0.3 is 0 Å². The Balaban J connectivity index is 1.96. The van der Waals surface area contributed by atoms with Gasteiger partial charge in [-0.2, -0.15) is 0 Å². The van der Waals surface area contributed by atoms with E-state index in [0.717, 1.165) is 10.6 Å². The van der Waals surface area contributed by atoms with Crippen molar-refractivity contribution >= 4 is 40.9 Å². The third-order valence-corrected chi connectivity index (χ3v) is 5.74. The molecular formula is C15H17ClN2O3S. The van der Waals surface area contributed by atoms with Gasteiger partial charge in [0.2, 0.25) is 5.91 Å². The molecule has 0 unspecified atom stereocenters. The lowest BCUT2D eigenvalue weighted by Gasteiger charge is -2.33. The van der Waals surface area contributed by atoms with Gasteiger partial charge in [-0.3, -0.25) is 14.5 Å². The van der Waals surface area contributed by atoms with E-state index in [-0.39, 0.29) is 11.8 Å². The zero-order valence-electron chi connectivity index (χ0n) is 12.5. The molecule has 1 saturated heterocycles. The minimum absolute atomic E-state index is 0.0259. The summed E-state index contributed by atoms with van der Waals surface area (Å²) < 4.78 is 5.03. The van der Waals surface area contributed by atoms with Crippen molar-refractivity contribution in [2.75, 3.05) is 32.2 Å². The lowest BCUT2D eigenvalue weighted by molar-refractivity contribution is -0.133. The molecule has 0 spiro atoms. The molecule has 7 heteroatoms. The first-order valence-electron chi connectivity index (χ1n) is 7.06. The SMILES string of the molecule is COCCN(C)C(=O)[C@]12CCC(=O)N1c1cc(Cl)ccc1S2. The smallest absolute Gasteiger partial charge is 0.259 e. The Morgan fingerprint density at radius 1 is 1.55 bits per heavy atom. The number of fused-ring (bicyclic) bond motifs is 3. The summed E-state index contributed by atoms with van der Waals surface area (Å²) in [6.45, 7) is 0.965. The van der Waals surface area contributed by atoms with Crippen molar-refractivity contribution in [2.24, 2.45) is 0 Å².